The average molecular weight is 520 g/mol. The first kappa shape index (κ1) is 28.7. The number of carboxylic acid groups (broad SMARTS) is 1. The van der Waals surface area contributed by atoms with Crippen molar-refractivity contribution < 1.29 is 28.9 Å². The summed E-state index contributed by atoms with van der Waals surface area (Å²) in [5, 5.41) is 25.2. The summed E-state index contributed by atoms with van der Waals surface area (Å²) in [6.45, 7) is 15.2. The van der Waals surface area contributed by atoms with Crippen molar-refractivity contribution in [2.75, 3.05) is 20.8 Å². The smallest absolute Gasteiger partial charge is 0.407 e. The van der Waals surface area contributed by atoms with Gasteiger partial charge in [-0.3, -0.25) is 0 Å². The van der Waals surface area contributed by atoms with Crippen molar-refractivity contribution in [1.29, 1.82) is 0 Å². The number of aliphatic hydroxyl groups is 1. The van der Waals surface area contributed by atoms with E-state index in [2.05, 4.69) is 25.7 Å². The molecule has 1 fully saturated rings. The molecule has 2 aromatic rings. The number of rotatable bonds is 8. The molecule has 7 nitrogen and oxygen atoms in total. The van der Waals surface area contributed by atoms with Crippen LogP contribution in [0.3, 0.4) is 0 Å². The fourth-order valence-corrected chi connectivity index (χ4v) is 7.25. The first-order valence-corrected chi connectivity index (χ1v) is 16.5. The number of likely N-dealkylation sites (tertiary alicyclic amines) is 1. The molecule has 1 aliphatic rings. The minimum Gasteiger partial charge on any atom is -0.466 e. The zero-order valence-corrected chi connectivity index (χ0v) is 24.5. The van der Waals surface area contributed by atoms with Crippen LogP contribution in [0.15, 0.2) is 28.7 Å². The predicted molar refractivity (Wildman–Crippen MR) is 145 cm³/mol. The van der Waals surface area contributed by atoms with Gasteiger partial charge in [0, 0.05) is 50.1 Å². The maximum Gasteiger partial charge on any atom is 0.407 e. The number of methoxy groups -OCH3 is 2. The molecule has 1 aliphatic heterocycles. The molecular formula is C28H45NO6Si. The SMILES string of the molecule is CCCC(OC)(OC)[C@@](O)(c1cccc2cc([Si](C)(C)C)oc12)C1CCCN(C(=O)O)C1C(C)(C)C. The number of piperidine rings is 1. The number of benzene rings is 1. The highest BCUT2D eigenvalue weighted by Crippen LogP contribution is 2.54. The molecule has 0 aliphatic carbocycles. The molecule has 1 amide bonds. The Morgan fingerprint density at radius 2 is 1.83 bits per heavy atom. The number of furan rings is 1. The Labute approximate surface area is 216 Å². The van der Waals surface area contributed by atoms with Crippen LogP contribution in [0, 0.1) is 11.3 Å². The minimum atomic E-state index is -1.78. The predicted octanol–water partition coefficient (Wildman–Crippen LogP) is 5.76. The van der Waals surface area contributed by atoms with Gasteiger partial charge in [0.25, 0.3) is 0 Å². The van der Waals surface area contributed by atoms with Crippen LogP contribution in [-0.2, 0) is 15.1 Å². The Kier molecular flexibility index (Phi) is 8.07. The Balaban J connectivity index is 2.42. The van der Waals surface area contributed by atoms with Crippen LogP contribution in [0.4, 0.5) is 4.79 Å². The zero-order chi connectivity index (χ0) is 27.1. The van der Waals surface area contributed by atoms with Gasteiger partial charge in [-0.25, -0.2) is 4.79 Å². The van der Waals surface area contributed by atoms with E-state index in [9.17, 15) is 15.0 Å². The second-order valence-corrected chi connectivity index (χ2v) is 17.3. The van der Waals surface area contributed by atoms with E-state index in [4.69, 9.17) is 13.9 Å². The largest absolute Gasteiger partial charge is 0.466 e. The van der Waals surface area contributed by atoms with Gasteiger partial charge in [0.2, 0.25) is 5.79 Å². The highest BCUT2D eigenvalue weighted by molar-refractivity contribution is 6.87. The monoisotopic (exact) mass is 519 g/mol. The second kappa shape index (κ2) is 10.1. The third-order valence-corrected chi connectivity index (χ3v) is 9.54. The van der Waals surface area contributed by atoms with Crippen LogP contribution in [0.25, 0.3) is 11.0 Å². The van der Waals surface area contributed by atoms with Gasteiger partial charge in [-0.2, -0.15) is 0 Å². The fraction of sp³-hybridized carbons (Fsp3) is 0.679. The van der Waals surface area contributed by atoms with Gasteiger partial charge in [-0.1, -0.05) is 72.0 Å². The van der Waals surface area contributed by atoms with Gasteiger partial charge in [-0.05, 0) is 24.3 Å². The molecular weight excluding hydrogens is 474 g/mol. The molecule has 2 N–H and O–H groups in total. The highest BCUT2D eigenvalue weighted by atomic mass is 28.3. The van der Waals surface area contributed by atoms with Gasteiger partial charge in [0.05, 0.1) is 5.38 Å². The van der Waals surface area contributed by atoms with Crippen LogP contribution in [0.2, 0.25) is 19.6 Å². The van der Waals surface area contributed by atoms with E-state index in [0.29, 0.717) is 43.4 Å². The van der Waals surface area contributed by atoms with Gasteiger partial charge >= 0.3 is 6.09 Å². The molecule has 202 valence electrons. The van der Waals surface area contributed by atoms with E-state index in [1.54, 1.807) is 14.2 Å². The molecule has 3 atom stereocenters. The molecule has 1 aromatic heterocycles. The Hall–Kier alpha value is -1.87. The van der Waals surface area contributed by atoms with Crippen molar-refractivity contribution in [2.45, 2.75) is 90.4 Å². The maximum absolute atomic E-state index is 13.2. The van der Waals surface area contributed by atoms with E-state index in [1.807, 2.05) is 45.9 Å². The number of fused-ring (bicyclic) bond motifs is 1. The Morgan fingerprint density at radius 3 is 2.33 bits per heavy atom. The topological polar surface area (TPSA) is 92.4 Å². The van der Waals surface area contributed by atoms with Crippen molar-refractivity contribution in [3.8, 4) is 0 Å². The standard InChI is InChI=1S/C28H45NO6Si/c1-10-16-27(33-5,34-6)28(32,21-15-12-17-29(25(30)31)24(21)26(2,3)4)20-14-11-13-19-18-22(35-23(19)20)36(7,8)9/h11,13-14,18,21,24,32H,10,12,15-17H2,1-9H3,(H,30,31)/t21?,24?,28-/m1/s1. The summed E-state index contributed by atoms with van der Waals surface area (Å²) in [5.74, 6) is -1.91. The van der Waals surface area contributed by atoms with Crippen LogP contribution in [0.5, 0.6) is 0 Å². The van der Waals surface area contributed by atoms with Gasteiger partial charge in [-0.15, -0.1) is 0 Å². The van der Waals surface area contributed by atoms with E-state index in [-0.39, 0.29) is 0 Å². The van der Waals surface area contributed by atoms with Crippen LogP contribution >= 0.6 is 0 Å². The first-order valence-electron chi connectivity index (χ1n) is 13.0. The molecule has 1 aromatic carbocycles. The summed E-state index contributed by atoms with van der Waals surface area (Å²) >= 11 is 0. The Bertz CT molecular complexity index is 1060. The number of hydrogen-bond acceptors (Lipinski definition) is 5. The molecule has 0 bridgehead atoms. The average Bonchev–Trinajstić information content (AvgIpc) is 3.26. The minimum absolute atomic E-state index is 0.426. The molecule has 0 spiro atoms. The maximum atomic E-state index is 13.2. The van der Waals surface area contributed by atoms with E-state index >= 15 is 0 Å². The molecule has 36 heavy (non-hydrogen) atoms. The molecule has 2 unspecified atom stereocenters. The summed E-state index contributed by atoms with van der Waals surface area (Å²) in [7, 11) is 1.34. The van der Waals surface area contributed by atoms with Gasteiger partial charge < -0.3 is 29.0 Å². The van der Waals surface area contributed by atoms with E-state index in [1.165, 1.54) is 4.90 Å². The summed E-state index contributed by atoms with van der Waals surface area (Å²) < 4.78 is 18.7. The summed E-state index contributed by atoms with van der Waals surface area (Å²) in [6, 6.07) is 7.42. The normalized spacial score (nSPS) is 21.6. The third-order valence-electron chi connectivity index (χ3n) is 7.81. The molecule has 3 rings (SSSR count). The lowest BCUT2D eigenvalue weighted by Gasteiger charge is -2.56. The quantitative estimate of drug-likeness (QED) is 0.340. The van der Waals surface area contributed by atoms with Crippen LogP contribution < -0.4 is 5.38 Å². The number of ether oxygens (including phenoxy) is 2. The van der Waals surface area contributed by atoms with E-state index in [0.717, 1.165) is 10.8 Å². The van der Waals surface area contributed by atoms with Gasteiger partial charge in [0.15, 0.2) is 5.60 Å². The van der Waals surface area contributed by atoms with Crippen molar-refractivity contribution in [1.82, 2.24) is 4.90 Å². The summed E-state index contributed by atoms with van der Waals surface area (Å²) in [6.07, 6.45) is 1.41. The van der Waals surface area contributed by atoms with Gasteiger partial charge in [0.1, 0.15) is 13.7 Å². The summed E-state index contributed by atoms with van der Waals surface area (Å²) in [4.78, 5) is 13.9. The number of hydrogen-bond donors (Lipinski definition) is 2. The Morgan fingerprint density at radius 1 is 1.19 bits per heavy atom. The molecule has 2 heterocycles. The third kappa shape index (κ3) is 4.73. The van der Waals surface area contributed by atoms with Crippen molar-refractivity contribution >= 4 is 30.5 Å². The lowest BCUT2D eigenvalue weighted by Crippen LogP contribution is -2.67. The number of nitrogens with zero attached hydrogens (tertiary/aromatic N) is 1. The van der Waals surface area contributed by atoms with Crippen molar-refractivity contribution in [2.24, 2.45) is 11.3 Å². The molecule has 8 heteroatoms. The molecule has 1 saturated heterocycles. The van der Waals surface area contributed by atoms with Crippen molar-refractivity contribution in [3.63, 3.8) is 0 Å². The zero-order valence-electron chi connectivity index (χ0n) is 23.5. The first-order chi connectivity index (χ1) is 16.7. The lowest BCUT2D eigenvalue weighted by atomic mass is 9.62. The van der Waals surface area contributed by atoms with E-state index < -0.39 is 42.9 Å². The number of para-hydroxylation sites is 1. The fourth-order valence-electron chi connectivity index (χ4n) is 6.26. The summed E-state index contributed by atoms with van der Waals surface area (Å²) in [5.41, 5.74) is -0.926. The second-order valence-electron chi connectivity index (χ2n) is 12.3. The molecule has 0 radical (unpaired) electrons. The van der Waals surface area contributed by atoms with Crippen LogP contribution in [0.1, 0.15) is 58.9 Å². The highest BCUT2D eigenvalue weighted by Gasteiger charge is 2.62. The van der Waals surface area contributed by atoms with Crippen LogP contribution in [-0.4, -0.2) is 61.9 Å². The lowest BCUT2D eigenvalue weighted by molar-refractivity contribution is -0.335. The number of amides is 1. The molecule has 0 saturated carbocycles. The number of carbonyl (C=O) groups is 1. The van der Waals surface area contributed by atoms with Crippen molar-refractivity contribution in [3.05, 3.63) is 29.8 Å².